The Kier molecular flexibility index (Phi) is 6.05. The number of benzene rings is 8. The van der Waals surface area contributed by atoms with Crippen LogP contribution in [0.25, 0.3) is 103 Å². The molecule has 252 valence electrons. The second-order valence-electron chi connectivity index (χ2n) is 14.1. The Bertz CT molecular complexity index is 3570. The number of hydrogen-bond acceptors (Lipinski definition) is 2. The fourth-order valence-electron chi connectivity index (χ4n) is 8.91. The lowest BCUT2D eigenvalue weighted by atomic mass is 10.0. The van der Waals surface area contributed by atoms with Crippen molar-refractivity contribution in [2.45, 2.75) is 0 Å². The maximum absolute atomic E-state index is 15.2. The van der Waals surface area contributed by atoms with E-state index in [4.69, 9.17) is 0 Å². The van der Waals surface area contributed by atoms with E-state index in [2.05, 4.69) is 149 Å². The number of nitrogens with zero attached hydrogens (tertiary/aromatic N) is 3. The summed E-state index contributed by atoms with van der Waals surface area (Å²) in [6, 6.07) is 62.0. The van der Waals surface area contributed by atoms with Crippen molar-refractivity contribution in [2.24, 2.45) is 0 Å². The zero-order valence-corrected chi connectivity index (χ0v) is 29.7. The Morgan fingerprint density at radius 3 is 1.57 bits per heavy atom. The average Bonchev–Trinajstić information content (AvgIpc) is 3.88. The summed E-state index contributed by atoms with van der Waals surface area (Å²) in [5.41, 5.74) is 8.22. The summed E-state index contributed by atoms with van der Waals surface area (Å²) < 4.78 is 9.10. The molecule has 8 aromatic carbocycles. The summed E-state index contributed by atoms with van der Waals surface area (Å²) >= 11 is 1.83. The van der Waals surface area contributed by atoms with Gasteiger partial charge in [0.25, 0.3) is 5.56 Å². The Hall–Kier alpha value is -6.95. The van der Waals surface area contributed by atoms with E-state index in [-0.39, 0.29) is 5.56 Å². The van der Waals surface area contributed by atoms with Crippen LogP contribution >= 0.6 is 11.3 Å². The molecule has 4 heterocycles. The Morgan fingerprint density at radius 1 is 0.333 bits per heavy atom. The standard InChI is InChI=1S/C49H29N3OS/c53-49-40-28-44-37(33-19-8-11-23-42(33)52(44)43-24-13-21-35-34-20-9-12-25-47(34)54-48(35)43)26-36(40)39-27-38-32-18-7-10-22-41(32)50(30-14-3-1-4-15-30)45(38)29-46(39)51(49)31-16-5-2-6-17-31/h1-29H. The zero-order chi connectivity index (χ0) is 35.5. The molecule has 0 unspecified atom stereocenters. The van der Waals surface area contributed by atoms with Gasteiger partial charge >= 0.3 is 0 Å². The molecular weight excluding hydrogens is 679 g/mol. The van der Waals surface area contributed by atoms with Gasteiger partial charge in [-0.15, -0.1) is 11.3 Å². The van der Waals surface area contributed by atoms with E-state index in [0.29, 0.717) is 5.39 Å². The van der Waals surface area contributed by atoms with E-state index in [1.54, 1.807) is 0 Å². The van der Waals surface area contributed by atoms with Crippen LogP contribution in [0.2, 0.25) is 0 Å². The molecule has 0 radical (unpaired) electrons. The van der Waals surface area contributed by atoms with Crippen LogP contribution in [0.4, 0.5) is 0 Å². The predicted octanol–water partition coefficient (Wildman–Crippen LogP) is 12.7. The highest BCUT2D eigenvalue weighted by atomic mass is 32.1. The Balaban J connectivity index is 1.26. The van der Waals surface area contributed by atoms with Gasteiger partial charge in [-0.05, 0) is 78.2 Å². The highest BCUT2D eigenvalue weighted by molar-refractivity contribution is 7.26. The molecule has 0 fully saturated rings. The predicted molar refractivity (Wildman–Crippen MR) is 229 cm³/mol. The average molecular weight is 708 g/mol. The molecule has 0 N–H and O–H groups in total. The van der Waals surface area contributed by atoms with Crippen LogP contribution in [0.15, 0.2) is 181 Å². The van der Waals surface area contributed by atoms with E-state index in [0.717, 1.165) is 71.6 Å². The summed E-state index contributed by atoms with van der Waals surface area (Å²) in [5, 5.41) is 9.82. The molecule has 0 bridgehead atoms. The minimum atomic E-state index is -0.0378. The van der Waals surface area contributed by atoms with E-state index < -0.39 is 0 Å². The van der Waals surface area contributed by atoms with Crippen molar-refractivity contribution < 1.29 is 0 Å². The molecule has 0 aliphatic carbocycles. The molecule has 0 aliphatic heterocycles. The number of pyridine rings is 1. The zero-order valence-electron chi connectivity index (χ0n) is 28.9. The first-order valence-electron chi connectivity index (χ1n) is 18.2. The number of para-hydroxylation sites is 4. The smallest absolute Gasteiger partial charge is 0.263 e. The fraction of sp³-hybridized carbons (Fsp3) is 0. The van der Waals surface area contributed by atoms with Gasteiger partial charge in [0, 0.05) is 53.8 Å². The Labute approximate surface area is 312 Å². The molecule has 5 heteroatoms. The lowest BCUT2D eigenvalue weighted by Gasteiger charge is -2.16. The minimum absolute atomic E-state index is 0.0378. The van der Waals surface area contributed by atoms with E-state index >= 15 is 4.79 Å². The molecule has 12 rings (SSSR count). The molecule has 4 aromatic heterocycles. The lowest BCUT2D eigenvalue weighted by molar-refractivity contribution is 1.06. The summed E-state index contributed by atoms with van der Waals surface area (Å²) in [6.45, 7) is 0. The summed E-state index contributed by atoms with van der Waals surface area (Å²) in [6.07, 6.45) is 0. The van der Waals surface area contributed by atoms with Crippen LogP contribution in [0.1, 0.15) is 0 Å². The molecule has 0 atom stereocenters. The van der Waals surface area contributed by atoms with E-state index in [1.807, 2.05) is 52.3 Å². The van der Waals surface area contributed by atoms with Gasteiger partial charge in [0.2, 0.25) is 0 Å². The van der Waals surface area contributed by atoms with Gasteiger partial charge in [-0.3, -0.25) is 9.36 Å². The van der Waals surface area contributed by atoms with Crippen LogP contribution in [0, 0.1) is 0 Å². The van der Waals surface area contributed by atoms with Crippen LogP contribution in [-0.2, 0) is 0 Å². The van der Waals surface area contributed by atoms with Crippen molar-refractivity contribution in [3.63, 3.8) is 0 Å². The van der Waals surface area contributed by atoms with Gasteiger partial charge in [-0.25, -0.2) is 0 Å². The maximum atomic E-state index is 15.2. The first-order valence-corrected chi connectivity index (χ1v) is 19.0. The topological polar surface area (TPSA) is 31.9 Å². The summed E-state index contributed by atoms with van der Waals surface area (Å²) in [4.78, 5) is 15.2. The highest BCUT2D eigenvalue weighted by Gasteiger charge is 2.22. The molecule has 0 amide bonds. The maximum Gasteiger partial charge on any atom is 0.263 e. The second-order valence-corrected chi connectivity index (χ2v) is 15.1. The van der Waals surface area contributed by atoms with Crippen LogP contribution in [-0.4, -0.2) is 13.7 Å². The quantitative estimate of drug-likeness (QED) is 0.168. The van der Waals surface area contributed by atoms with Gasteiger partial charge in [0.05, 0.1) is 43.4 Å². The third-order valence-corrected chi connectivity index (χ3v) is 12.4. The van der Waals surface area contributed by atoms with E-state index in [9.17, 15) is 0 Å². The van der Waals surface area contributed by atoms with Crippen molar-refractivity contribution >= 4 is 96.8 Å². The number of thiophene rings is 1. The van der Waals surface area contributed by atoms with Crippen molar-refractivity contribution in [2.75, 3.05) is 0 Å². The second kappa shape index (κ2) is 11.0. The van der Waals surface area contributed by atoms with Gasteiger partial charge in [0.1, 0.15) is 0 Å². The van der Waals surface area contributed by atoms with E-state index in [1.165, 1.54) is 25.6 Å². The molecule has 4 nitrogen and oxygen atoms in total. The van der Waals surface area contributed by atoms with Crippen molar-refractivity contribution in [3.8, 4) is 17.1 Å². The van der Waals surface area contributed by atoms with Crippen LogP contribution in [0.5, 0.6) is 0 Å². The highest BCUT2D eigenvalue weighted by Crippen LogP contribution is 2.43. The molecule has 0 aliphatic rings. The largest absolute Gasteiger partial charge is 0.309 e. The van der Waals surface area contributed by atoms with Gasteiger partial charge < -0.3 is 9.13 Å². The summed E-state index contributed by atoms with van der Waals surface area (Å²) in [5.74, 6) is 0. The molecule has 0 saturated carbocycles. The minimum Gasteiger partial charge on any atom is -0.309 e. The number of fused-ring (bicyclic) bond motifs is 12. The molecule has 0 spiro atoms. The van der Waals surface area contributed by atoms with Crippen molar-refractivity contribution in [1.82, 2.24) is 13.7 Å². The molecule has 0 saturated heterocycles. The number of aromatic nitrogens is 3. The number of rotatable bonds is 3. The SMILES string of the molecule is O=c1c2cc3c(cc2c2cc4c5ccccc5n(-c5ccccc5)c4cc2n1-c1ccccc1)c1ccccc1n3-c1cccc2c1sc1ccccc12. The molecule has 54 heavy (non-hydrogen) atoms. The molecular formula is C49H29N3OS. The summed E-state index contributed by atoms with van der Waals surface area (Å²) in [7, 11) is 0. The third kappa shape index (κ3) is 3.99. The lowest BCUT2D eigenvalue weighted by Crippen LogP contribution is -2.19. The fourth-order valence-corrected chi connectivity index (χ4v) is 10.1. The molecule has 12 aromatic rings. The third-order valence-electron chi connectivity index (χ3n) is 11.2. The number of hydrogen-bond donors (Lipinski definition) is 0. The normalized spacial score (nSPS) is 12.1. The first-order chi connectivity index (χ1) is 26.7. The van der Waals surface area contributed by atoms with Gasteiger partial charge in [0.15, 0.2) is 0 Å². The first kappa shape index (κ1) is 29.6. The van der Waals surface area contributed by atoms with Crippen molar-refractivity contribution in [1.29, 1.82) is 0 Å². The van der Waals surface area contributed by atoms with Gasteiger partial charge in [-0.2, -0.15) is 0 Å². The van der Waals surface area contributed by atoms with Crippen LogP contribution in [0.3, 0.4) is 0 Å². The van der Waals surface area contributed by atoms with Gasteiger partial charge in [-0.1, -0.05) is 103 Å². The monoisotopic (exact) mass is 707 g/mol. The Morgan fingerprint density at radius 2 is 0.852 bits per heavy atom. The van der Waals surface area contributed by atoms with Crippen LogP contribution < -0.4 is 5.56 Å². The van der Waals surface area contributed by atoms with Crippen molar-refractivity contribution in [3.05, 3.63) is 186 Å².